The maximum Gasteiger partial charge on any atom is 0.270 e. The van der Waals surface area contributed by atoms with E-state index in [4.69, 9.17) is 9.53 Å². The molecular weight excluding hydrogens is 484 g/mol. The van der Waals surface area contributed by atoms with Crippen LogP contribution in [0.1, 0.15) is 55.6 Å². The van der Waals surface area contributed by atoms with E-state index in [2.05, 4.69) is 32.7 Å². The molecule has 210 valence electrons. The van der Waals surface area contributed by atoms with Crippen molar-refractivity contribution in [1.82, 2.24) is 15.6 Å². The number of piperidine rings is 1. The molecule has 1 unspecified atom stereocenters. The van der Waals surface area contributed by atoms with Crippen molar-refractivity contribution in [3.63, 3.8) is 0 Å². The zero-order valence-corrected chi connectivity index (χ0v) is 23.2. The Kier molecular flexibility index (Phi) is 20.7. The van der Waals surface area contributed by atoms with Gasteiger partial charge in [-0.25, -0.2) is 4.98 Å². The Hall–Kier alpha value is -3.43. The van der Waals surface area contributed by atoms with Crippen molar-refractivity contribution in [2.24, 2.45) is 5.92 Å². The van der Waals surface area contributed by atoms with Gasteiger partial charge in [0.2, 0.25) is 0 Å². The molecule has 2 N–H and O–H groups in total. The van der Waals surface area contributed by atoms with E-state index < -0.39 is 11.9 Å². The zero-order chi connectivity index (χ0) is 28.6. The molecule has 0 spiro atoms. The minimum Gasteiger partial charge on any atom is -0.376 e. The fourth-order valence-electron chi connectivity index (χ4n) is 3.65. The van der Waals surface area contributed by atoms with Crippen LogP contribution in [0.15, 0.2) is 48.7 Å². The maximum atomic E-state index is 12.3. The van der Waals surface area contributed by atoms with Crippen molar-refractivity contribution in [2.75, 3.05) is 38.7 Å². The molecule has 0 saturated carbocycles. The van der Waals surface area contributed by atoms with Crippen molar-refractivity contribution in [3.8, 4) is 0 Å². The first-order valence-electron chi connectivity index (χ1n) is 13.0. The SMILES string of the molecule is C=O.CC.CNC.O=CCCC(C=O)NC(=O)c1ccc(N2CCC(COCc3ccccc3)CC2)cn1. The van der Waals surface area contributed by atoms with Gasteiger partial charge in [-0.05, 0) is 57.0 Å². The number of hydrogen-bond donors (Lipinski definition) is 2. The third-order valence-corrected chi connectivity index (χ3v) is 5.50. The molecule has 9 nitrogen and oxygen atoms in total. The topological polar surface area (TPSA) is 118 Å². The number of rotatable bonds is 11. The van der Waals surface area contributed by atoms with E-state index in [0.717, 1.165) is 44.5 Å². The van der Waals surface area contributed by atoms with Gasteiger partial charge in [-0.15, -0.1) is 0 Å². The molecule has 38 heavy (non-hydrogen) atoms. The lowest BCUT2D eigenvalue weighted by Crippen LogP contribution is -2.37. The summed E-state index contributed by atoms with van der Waals surface area (Å²) in [5, 5.41) is 5.35. The molecule has 1 aliphatic heterocycles. The van der Waals surface area contributed by atoms with Gasteiger partial charge in [0.25, 0.3) is 5.91 Å². The number of ether oxygens (including phenoxy) is 1. The number of amides is 1. The fourth-order valence-corrected chi connectivity index (χ4v) is 3.65. The minimum atomic E-state index is -0.678. The van der Waals surface area contributed by atoms with E-state index >= 15 is 0 Å². The van der Waals surface area contributed by atoms with Crippen LogP contribution in [0, 0.1) is 5.92 Å². The van der Waals surface area contributed by atoms with E-state index in [1.807, 2.05) is 59.0 Å². The number of nitrogens with zero attached hydrogens (tertiary/aromatic N) is 2. The lowest BCUT2D eigenvalue weighted by Gasteiger charge is -2.33. The van der Waals surface area contributed by atoms with Gasteiger partial charge in [0.15, 0.2) is 0 Å². The lowest BCUT2D eigenvalue weighted by molar-refractivity contribution is -0.110. The Balaban J connectivity index is 0.00000179. The van der Waals surface area contributed by atoms with Crippen LogP contribution in [0.3, 0.4) is 0 Å². The Morgan fingerprint density at radius 2 is 1.74 bits per heavy atom. The van der Waals surface area contributed by atoms with Crippen LogP contribution >= 0.6 is 0 Å². The Labute approximate surface area is 227 Å². The summed E-state index contributed by atoms with van der Waals surface area (Å²) in [5.41, 5.74) is 2.43. The second-order valence-corrected chi connectivity index (χ2v) is 8.29. The molecule has 1 saturated heterocycles. The predicted molar refractivity (Wildman–Crippen MR) is 151 cm³/mol. The summed E-state index contributed by atoms with van der Waals surface area (Å²) in [5.74, 6) is 0.133. The highest BCUT2D eigenvalue weighted by Crippen LogP contribution is 2.23. The lowest BCUT2D eigenvalue weighted by atomic mass is 9.97. The first-order chi connectivity index (χ1) is 18.6. The summed E-state index contributed by atoms with van der Waals surface area (Å²) in [6, 6.07) is 13.1. The van der Waals surface area contributed by atoms with Gasteiger partial charge in [0.05, 0.1) is 24.5 Å². The maximum absolute atomic E-state index is 12.3. The van der Waals surface area contributed by atoms with E-state index in [1.165, 1.54) is 5.56 Å². The van der Waals surface area contributed by atoms with E-state index in [0.29, 0.717) is 25.2 Å². The number of aromatic nitrogens is 1. The third kappa shape index (κ3) is 13.8. The molecule has 1 atom stereocenters. The van der Waals surface area contributed by atoms with Gasteiger partial charge in [0, 0.05) is 26.1 Å². The number of carbonyl (C=O) groups excluding carboxylic acids is 4. The Bertz CT molecular complexity index is 872. The molecule has 2 heterocycles. The molecule has 0 radical (unpaired) electrons. The minimum absolute atomic E-state index is 0.225. The fraction of sp³-hybridized carbons (Fsp3) is 0.483. The monoisotopic (exact) mass is 528 g/mol. The summed E-state index contributed by atoms with van der Waals surface area (Å²) in [7, 11) is 3.75. The summed E-state index contributed by atoms with van der Waals surface area (Å²) < 4.78 is 5.89. The highest BCUT2D eigenvalue weighted by atomic mass is 16.5. The predicted octanol–water partition coefficient (Wildman–Crippen LogP) is 3.47. The average molecular weight is 529 g/mol. The largest absolute Gasteiger partial charge is 0.376 e. The number of anilines is 1. The molecule has 2 aromatic rings. The number of carbonyl (C=O) groups is 4. The average Bonchev–Trinajstić information content (AvgIpc) is 2.98. The first kappa shape index (κ1) is 34.6. The van der Waals surface area contributed by atoms with Gasteiger partial charge in [-0.3, -0.25) is 4.79 Å². The number of nitrogens with one attached hydrogen (secondary N) is 2. The number of benzene rings is 1. The summed E-state index contributed by atoms with van der Waals surface area (Å²) in [6.45, 7) is 9.26. The van der Waals surface area contributed by atoms with Crippen molar-refractivity contribution >= 4 is 31.0 Å². The van der Waals surface area contributed by atoms with Gasteiger partial charge in [0.1, 0.15) is 25.1 Å². The molecule has 0 bridgehead atoms. The number of pyridine rings is 1. The number of aldehydes is 2. The van der Waals surface area contributed by atoms with Crippen LogP contribution in [0.5, 0.6) is 0 Å². The van der Waals surface area contributed by atoms with Crippen LogP contribution in [-0.4, -0.2) is 70.1 Å². The molecule has 1 aliphatic rings. The Morgan fingerprint density at radius 1 is 1.11 bits per heavy atom. The second-order valence-electron chi connectivity index (χ2n) is 8.29. The zero-order valence-electron chi connectivity index (χ0n) is 23.2. The van der Waals surface area contributed by atoms with Crippen LogP contribution in [0.2, 0.25) is 0 Å². The summed E-state index contributed by atoms with van der Waals surface area (Å²) in [6.07, 6.45) is 5.69. The smallest absolute Gasteiger partial charge is 0.270 e. The van der Waals surface area contributed by atoms with Crippen molar-refractivity contribution < 1.29 is 23.9 Å². The van der Waals surface area contributed by atoms with E-state index in [9.17, 15) is 14.4 Å². The second kappa shape index (κ2) is 22.7. The van der Waals surface area contributed by atoms with Gasteiger partial charge < -0.3 is 34.7 Å². The summed E-state index contributed by atoms with van der Waals surface area (Å²) in [4.78, 5) is 48.3. The van der Waals surface area contributed by atoms with Crippen molar-refractivity contribution in [3.05, 3.63) is 59.9 Å². The van der Waals surface area contributed by atoms with Crippen molar-refractivity contribution in [1.29, 1.82) is 0 Å². The Morgan fingerprint density at radius 3 is 2.26 bits per heavy atom. The standard InChI is InChI=1S/C24H29N3O4.C2H7N.C2H6.CH2O/c28-14-4-7-21(16-29)26-24(30)23-9-8-22(15-25-23)27-12-10-20(11-13-27)18-31-17-19-5-2-1-3-6-19;1-3-2;2*1-2/h1-3,5-6,8-9,14-16,20-21H,4,7,10-13,17-18H2,(H,26,30);3H,1-2H3;1-2H3;1H2. The molecule has 1 amide bonds. The molecule has 1 aromatic heterocycles. The van der Waals surface area contributed by atoms with E-state index in [1.54, 1.807) is 12.3 Å². The first-order valence-corrected chi connectivity index (χ1v) is 13.0. The van der Waals surface area contributed by atoms with Crippen LogP contribution < -0.4 is 15.5 Å². The summed E-state index contributed by atoms with van der Waals surface area (Å²) >= 11 is 0. The highest BCUT2D eigenvalue weighted by Gasteiger charge is 2.20. The number of hydrogen-bond acceptors (Lipinski definition) is 8. The van der Waals surface area contributed by atoms with Crippen molar-refractivity contribution in [2.45, 2.75) is 52.2 Å². The molecule has 0 aliphatic carbocycles. The van der Waals surface area contributed by atoms with Crippen LogP contribution in [-0.2, 0) is 25.7 Å². The molecule has 1 fully saturated rings. The molecule has 1 aromatic carbocycles. The van der Waals surface area contributed by atoms with Gasteiger partial charge in [-0.1, -0.05) is 44.2 Å². The van der Waals surface area contributed by atoms with Crippen LogP contribution in [0.25, 0.3) is 0 Å². The van der Waals surface area contributed by atoms with Gasteiger partial charge in [-0.2, -0.15) is 0 Å². The molecule has 3 rings (SSSR count). The normalized spacial score (nSPS) is 13.2. The highest BCUT2D eigenvalue weighted by molar-refractivity contribution is 5.94. The van der Waals surface area contributed by atoms with Crippen LogP contribution in [0.4, 0.5) is 5.69 Å². The van der Waals surface area contributed by atoms with Gasteiger partial charge >= 0.3 is 0 Å². The quantitative estimate of drug-likeness (QED) is 0.426. The molecular formula is C29H44N4O5. The third-order valence-electron chi connectivity index (χ3n) is 5.50. The van der Waals surface area contributed by atoms with E-state index in [-0.39, 0.29) is 12.1 Å². The molecule has 9 heteroatoms.